The highest BCUT2D eigenvalue weighted by molar-refractivity contribution is 5.81. The van der Waals surface area contributed by atoms with Gasteiger partial charge in [0.2, 0.25) is 5.91 Å². The van der Waals surface area contributed by atoms with E-state index in [2.05, 4.69) is 6.07 Å². The molecule has 4 heteroatoms. The van der Waals surface area contributed by atoms with E-state index < -0.39 is 6.04 Å². The molecule has 0 saturated carbocycles. The van der Waals surface area contributed by atoms with Crippen LogP contribution < -0.4 is 5.73 Å². The number of hydrogen-bond acceptors (Lipinski definition) is 3. The SMILES string of the molecule is CCN(Cc1ccccc1C#N)C(=O)[C@@H](N)C(C)C. The molecular formula is C15H21N3O. The number of benzene rings is 1. The van der Waals surface area contributed by atoms with Crippen LogP contribution >= 0.6 is 0 Å². The minimum atomic E-state index is -0.491. The van der Waals surface area contributed by atoms with E-state index in [-0.39, 0.29) is 11.8 Å². The van der Waals surface area contributed by atoms with Crippen molar-refractivity contribution in [3.05, 3.63) is 35.4 Å². The van der Waals surface area contributed by atoms with Crippen LogP contribution in [0.3, 0.4) is 0 Å². The molecule has 0 radical (unpaired) electrons. The van der Waals surface area contributed by atoms with Crippen LogP contribution in [0.15, 0.2) is 24.3 Å². The second kappa shape index (κ2) is 6.91. The van der Waals surface area contributed by atoms with E-state index >= 15 is 0 Å². The van der Waals surface area contributed by atoms with E-state index in [0.717, 1.165) is 5.56 Å². The Bertz CT molecular complexity index is 477. The lowest BCUT2D eigenvalue weighted by atomic mass is 10.0. The Labute approximate surface area is 114 Å². The Balaban J connectivity index is 2.89. The van der Waals surface area contributed by atoms with Crippen LogP contribution in [0.1, 0.15) is 31.9 Å². The fourth-order valence-electron chi connectivity index (χ4n) is 1.81. The number of likely N-dealkylation sites (N-methyl/N-ethyl adjacent to an activating group) is 1. The molecule has 19 heavy (non-hydrogen) atoms. The lowest BCUT2D eigenvalue weighted by Gasteiger charge is -2.26. The van der Waals surface area contributed by atoms with Gasteiger partial charge in [-0.2, -0.15) is 5.26 Å². The molecule has 0 aliphatic carbocycles. The molecule has 4 nitrogen and oxygen atoms in total. The molecule has 1 atom stereocenters. The maximum Gasteiger partial charge on any atom is 0.240 e. The molecule has 102 valence electrons. The topological polar surface area (TPSA) is 70.1 Å². The van der Waals surface area contributed by atoms with Gasteiger partial charge in [-0.15, -0.1) is 0 Å². The van der Waals surface area contributed by atoms with Gasteiger partial charge < -0.3 is 10.6 Å². The Kier molecular flexibility index (Phi) is 5.53. The largest absolute Gasteiger partial charge is 0.337 e. The van der Waals surface area contributed by atoms with Gasteiger partial charge in [0, 0.05) is 13.1 Å². The van der Waals surface area contributed by atoms with Gasteiger partial charge >= 0.3 is 0 Å². The van der Waals surface area contributed by atoms with Crippen molar-refractivity contribution in [1.82, 2.24) is 4.90 Å². The number of carbonyl (C=O) groups is 1. The summed E-state index contributed by atoms with van der Waals surface area (Å²) in [6.07, 6.45) is 0. The van der Waals surface area contributed by atoms with Crippen LogP contribution in [0, 0.1) is 17.2 Å². The van der Waals surface area contributed by atoms with Crippen molar-refractivity contribution < 1.29 is 4.79 Å². The van der Waals surface area contributed by atoms with Gasteiger partial charge in [0.1, 0.15) is 0 Å². The fraction of sp³-hybridized carbons (Fsp3) is 0.467. The monoisotopic (exact) mass is 259 g/mol. The zero-order valence-electron chi connectivity index (χ0n) is 11.8. The van der Waals surface area contributed by atoms with Crippen LogP contribution in [0.2, 0.25) is 0 Å². The van der Waals surface area contributed by atoms with E-state index in [0.29, 0.717) is 18.7 Å². The van der Waals surface area contributed by atoms with Crippen molar-refractivity contribution in [2.45, 2.75) is 33.4 Å². The first-order valence-corrected chi connectivity index (χ1v) is 6.53. The van der Waals surface area contributed by atoms with Gasteiger partial charge in [0.05, 0.1) is 17.7 Å². The number of hydrogen-bond donors (Lipinski definition) is 1. The molecule has 0 fully saturated rings. The lowest BCUT2D eigenvalue weighted by molar-refractivity contribution is -0.134. The average Bonchev–Trinajstić information content (AvgIpc) is 2.43. The summed E-state index contributed by atoms with van der Waals surface area (Å²) < 4.78 is 0. The quantitative estimate of drug-likeness (QED) is 0.877. The highest BCUT2D eigenvalue weighted by Crippen LogP contribution is 2.12. The summed E-state index contributed by atoms with van der Waals surface area (Å²) in [6.45, 7) is 6.79. The van der Waals surface area contributed by atoms with Crippen molar-refractivity contribution in [2.75, 3.05) is 6.54 Å². The molecule has 0 aliphatic heterocycles. The van der Waals surface area contributed by atoms with Crippen LogP contribution in [-0.2, 0) is 11.3 Å². The number of amides is 1. The molecule has 0 heterocycles. The Morgan fingerprint density at radius 1 is 1.42 bits per heavy atom. The number of rotatable bonds is 5. The maximum absolute atomic E-state index is 12.2. The Morgan fingerprint density at radius 3 is 2.58 bits per heavy atom. The highest BCUT2D eigenvalue weighted by atomic mass is 16.2. The first-order chi connectivity index (χ1) is 9.01. The summed E-state index contributed by atoms with van der Waals surface area (Å²) >= 11 is 0. The predicted octanol–water partition coefficient (Wildman–Crippen LogP) is 1.89. The lowest BCUT2D eigenvalue weighted by Crippen LogP contribution is -2.46. The van der Waals surface area contributed by atoms with Crippen LogP contribution in [0.5, 0.6) is 0 Å². The molecule has 0 aliphatic rings. The fourth-order valence-corrected chi connectivity index (χ4v) is 1.81. The molecular weight excluding hydrogens is 238 g/mol. The zero-order valence-corrected chi connectivity index (χ0v) is 11.8. The number of nitriles is 1. The second-order valence-corrected chi connectivity index (χ2v) is 4.89. The van der Waals surface area contributed by atoms with Gasteiger partial charge in [-0.25, -0.2) is 0 Å². The van der Waals surface area contributed by atoms with Gasteiger partial charge in [-0.1, -0.05) is 32.0 Å². The zero-order chi connectivity index (χ0) is 14.4. The normalized spacial score (nSPS) is 12.0. The van der Waals surface area contributed by atoms with Crippen molar-refractivity contribution in [3.8, 4) is 6.07 Å². The average molecular weight is 259 g/mol. The minimum Gasteiger partial charge on any atom is -0.337 e. The van der Waals surface area contributed by atoms with E-state index in [1.165, 1.54) is 0 Å². The minimum absolute atomic E-state index is 0.0646. The molecule has 0 saturated heterocycles. The smallest absolute Gasteiger partial charge is 0.240 e. The van der Waals surface area contributed by atoms with Gasteiger partial charge in [0.15, 0.2) is 0 Å². The summed E-state index contributed by atoms with van der Waals surface area (Å²) in [4.78, 5) is 13.9. The number of carbonyl (C=O) groups excluding carboxylic acids is 1. The summed E-state index contributed by atoms with van der Waals surface area (Å²) in [5.74, 6) is 0.0398. The Morgan fingerprint density at radius 2 is 2.05 bits per heavy atom. The molecule has 1 rings (SSSR count). The van der Waals surface area contributed by atoms with Gasteiger partial charge in [-0.05, 0) is 24.5 Å². The highest BCUT2D eigenvalue weighted by Gasteiger charge is 2.23. The third-order valence-corrected chi connectivity index (χ3v) is 3.20. The third kappa shape index (κ3) is 3.80. The molecule has 0 unspecified atom stereocenters. The number of nitrogens with two attached hydrogens (primary N) is 1. The summed E-state index contributed by atoms with van der Waals surface area (Å²) in [6, 6.07) is 8.98. The molecule has 0 aromatic heterocycles. The molecule has 0 bridgehead atoms. The molecule has 2 N–H and O–H groups in total. The van der Waals surface area contributed by atoms with Gasteiger partial charge in [0.25, 0.3) is 0 Å². The predicted molar refractivity (Wildman–Crippen MR) is 75.1 cm³/mol. The molecule has 1 aromatic carbocycles. The van der Waals surface area contributed by atoms with Crippen molar-refractivity contribution >= 4 is 5.91 Å². The maximum atomic E-state index is 12.2. The molecule has 1 aromatic rings. The van der Waals surface area contributed by atoms with Crippen LogP contribution in [0.25, 0.3) is 0 Å². The third-order valence-electron chi connectivity index (χ3n) is 3.20. The van der Waals surface area contributed by atoms with E-state index in [4.69, 9.17) is 11.0 Å². The van der Waals surface area contributed by atoms with E-state index in [9.17, 15) is 4.79 Å². The molecule has 0 spiro atoms. The standard InChI is InChI=1S/C15H21N3O/c1-4-18(15(19)14(17)11(2)3)10-13-8-6-5-7-12(13)9-16/h5-8,11,14H,4,10,17H2,1-3H3/t14-/m0/s1. The molecule has 1 amide bonds. The summed E-state index contributed by atoms with van der Waals surface area (Å²) in [7, 11) is 0. The Hall–Kier alpha value is -1.86. The first kappa shape index (κ1) is 15.2. The first-order valence-electron chi connectivity index (χ1n) is 6.53. The van der Waals surface area contributed by atoms with E-state index in [1.807, 2.05) is 39.0 Å². The van der Waals surface area contributed by atoms with Crippen molar-refractivity contribution in [3.63, 3.8) is 0 Å². The van der Waals surface area contributed by atoms with Crippen molar-refractivity contribution in [2.24, 2.45) is 11.7 Å². The summed E-state index contributed by atoms with van der Waals surface area (Å²) in [5.41, 5.74) is 7.37. The number of nitrogens with zero attached hydrogens (tertiary/aromatic N) is 2. The summed E-state index contributed by atoms with van der Waals surface area (Å²) in [5, 5.41) is 9.06. The van der Waals surface area contributed by atoms with Crippen molar-refractivity contribution in [1.29, 1.82) is 5.26 Å². The second-order valence-electron chi connectivity index (χ2n) is 4.89. The van der Waals surface area contributed by atoms with Crippen LogP contribution in [0.4, 0.5) is 0 Å². The van der Waals surface area contributed by atoms with Gasteiger partial charge in [-0.3, -0.25) is 4.79 Å². The van der Waals surface area contributed by atoms with E-state index in [1.54, 1.807) is 11.0 Å². The van der Waals surface area contributed by atoms with Crippen LogP contribution in [-0.4, -0.2) is 23.4 Å².